The van der Waals surface area contributed by atoms with Crippen LogP contribution < -0.4 is 5.32 Å². The van der Waals surface area contributed by atoms with Crippen LogP contribution in [0.1, 0.15) is 20.3 Å². The molecule has 9 nitrogen and oxygen atoms in total. The van der Waals surface area contributed by atoms with Crippen molar-refractivity contribution in [3.8, 4) is 0 Å². The lowest BCUT2D eigenvalue weighted by Crippen LogP contribution is -2.64. The van der Waals surface area contributed by atoms with Crippen LogP contribution in [-0.2, 0) is 14.2 Å². The fourth-order valence-corrected chi connectivity index (χ4v) is 2.87. The van der Waals surface area contributed by atoms with E-state index in [0.717, 1.165) is 13.0 Å². The molecule has 2 aliphatic heterocycles. The van der Waals surface area contributed by atoms with Crippen molar-refractivity contribution in [2.45, 2.75) is 26.1 Å². The molecule has 2 saturated heterocycles. The van der Waals surface area contributed by atoms with Gasteiger partial charge in [-0.3, -0.25) is 0 Å². The highest BCUT2D eigenvalue weighted by molar-refractivity contribution is 5.80. The van der Waals surface area contributed by atoms with Gasteiger partial charge in [0.1, 0.15) is 5.10 Å². The Labute approximate surface area is 129 Å². The van der Waals surface area contributed by atoms with Crippen LogP contribution in [0.4, 0.5) is 0 Å². The van der Waals surface area contributed by atoms with Crippen molar-refractivity contribution < 1.29 is 19.2 Å². The summed E-state index contributed by atoms with van der Waals surface area (Å²) in [6.07, 6.45) is 0.943. The second-order valence-electron chi connectivity index (χ2n) is 5.40. The number of nitro groups is 1. The molecule has 0 saturated carbocycles. The molecule has 9 heteroatoms. The number of hydrogen-bond acceptors (Lipinski definition) is 5. The summed E-state index contributed by atoms with van der Waals surface area (Å²) in [5, 5.41) is 16.5. The minimum absolute atomic E-state index is 0.256. The predicted octanol–water partition coefficient (Wildman–Crippen LogP) is 0.245. The van der Waals surface area contributed by atoms with Gasteiger partial charge in [-0.25, -0.2) is 10.1 Å². The Morgan fingerprint density at radius 3 is 2.77 bits per heavy atom. The Kier molecular flexibility index (Phi) is 5.92. The van der Waals surface area contributed by atoms with Crippen LogP contribution in [0, 0.1) is 16.0 Å². The Balaban J connectivity index is 2.13. The third kappa shape index (κ3) is 4.28. The van der Waals surface area contributed by atoms with E-state index in [9.17, 15) is 10.1 Å². The minimum atomic E-state index is -0.807. The van der Waals surface area contributed by atoms with E-state index < -0.39 is 10.8 Å². The highest BCUT2D eigenvalue weighted by Gasteiger charge is 2.41. The van der Waals surface area contributed by atoms with Crippen molar-refractivity contribution >= 4 is 5.96 Å². The van der Waals surface area contributed by atoms with Gasteiger partial charge in [0.15, 0.2) is 5.03 Å². The molecule has 2 fully saturated rings. The number of nitrogens with one attached hydrogen (secondary N) is 1. The average molecular weight is 316 g/mol. The van der Waals surface area contributed by atoms with E-state index in [1.54, 1.807) is 0 Å². The Bertz CT molecular complexity index is 405. The first-order chi connectivity index (χ1) is 10.6. The van der Waals surface area contributed by atoms with Crippen molar-refractivity contribution in [2.24, 2.45) is 11.0 Å². The quantitative estimate of drug-likeness (QED) is 0.408. The minimum Gasteiger partial charge on any atom is -0.381 e. The van der Waals surface area contributed by atoms with Gasteiger partial charge in [-0.05, 0) is 20.3 Å². The summed E-state index contributed by atoms with van der Waals surface area (Å²) < 4.78 is 16.9. The zero-order valence-corrected chi connectivity index (χ0v) is 13.1. The smallest absolute Gasteiger partial charge is 0.271 e. The lowest BCUT2D eigenvalue weighted by Gasteiger charge is -2.43. The van der Waals surface area contributed by atoms with Gasteiger partial charge in [-0.2, -0.15) is 0 Å². The molecule has 0 bridgehead atoms. The molecule has 2 heterocycles. The van der Waals surface area contributed by atoms with Gasteiger partial charge in [0.2, 0.25) is 5.79 Å². The summed E-state index contributed by atoms with van der Waals surface area (Å²) in [6.45, 7) is 7.57. The number of hydrazone groups is 1. The van der Waals surface area contributed by atoms with Crippen molar-refractivity contribution in [3.63, 3.8) is 0 Å². The molecule has 0 aromatic carbocycles. The highest BCUT2D eigenvalue weighted by Crippen LogP contribution is 2.22. The number of hydrogen-bond donors (Lipinski definition) is 1. The Hall–Kier alpha value is -1.45. The molecular weight excluding hydrogens is 292 g/mol. The van der Waals surface area contributed by atoms with Crippen LogP contribution in [-0.4, -0.2) is 67.7 Å². The van der Waals surface area contributed by atoms with Gasteiger partial charge in [0.05, 0.1) is 19.7 Å². The predicted molar refractivity (Wildman–Crippen MR) is 78.9 cm³/mol. The topological polar surface area (TPSA) is 98.5 Å². The second kappa shape index (κ2) is 7.70. The molecule has 0 aliphatic carbocycles. The molecule has 0 spiro atoms. The van der Waals surface area contributed by atoms with Gasteiger partial charge in [-0.15, -0.1) is 0 Å². The number of nitrogens with zero attached hydrogens (tertiary/aromatic N) is 3. The number of guanidine groups is 1. The zero-order valence-electron chi connectivity index (χ0n) is 13.1. The van der Waals surface area contributed by atoms with Crippen LogP contribution in [0.15, 0.2) is 5.10 Å². The van der Waals surface area contributed by atoms with Gasteiger partial charge in [0, 0.05) is 32.3 Å². The standard InChI is InChI=1S/C13H24N4O5/c1-3-21-13(22-4-2)9-14-12(15-17(18)19)16(10-13)7-11-5-6-20-8-11/h11H,3-10H2,1-2H3,(H,14,15). The largest absolute Gasteiger partial charge is 0.381 e. The summed E-state index contributed by atoms with van der Waals surface area (Å²) in [4.78, 5) is 12.6. The van der Waals surface area contributed by atoms with E-state index >= 15 is 0 Å². The molecule has 1 N–H and O–H groups in total. The first-order valence-electron chi connectivity index (χ1n) is 7.66. The first kappa shape index (κ1) is 16.9. The van der Waals surface area contributed by atoms with E-state index in [-0.39, 0.29) is 5.96 Å². The van der Waals surface area contributed by atoms with Crippen molar-refractivity contribution in [1.29, 1.82) is 0 Å². The van der Waals surface area contributed by atoms with Crippen molar-refractivity contribution in [2.75, 3.05) is 46.1 Å². The van der Waals surface area contributed by atoms with E-state index in [1.807, 2.05) is 18.7 Å². The molecule has 126 valence electrons. The van der Waals surface area contributed by atoms with Crippen LogP contribution in [0.3, 0.4) is 0 Å². The van der Waals surface area contributed by atoms with Crippen LogP contribution in [0.5, 0.6) is 0 Å². The average Bonchev–Trinajstić information content (AvgIpc) is 2.95. The van der Waals surface area contributed by atoms with Gasteiger partial charge < -0.3 is 24.4 Å². The molecule has 2 rings (SSSR count). The second-order valence-corrected chi connectivity index (χ2v) is 5.40. The van der Waals surface area contributed by atoms with Crippen molar-refractivity contribution in [1.82, 2.24) is 10.2 Å². The van der Waals surface area contributed by atoms with Crippen LogP contribution in [0.25, 0.3) is 0 Å². The molecule has 0 aromatic rings. The maximum Gasteiger partial charge on any atom is 0.271 e. The number of ether oxygens (including phenoxy) is 3. The first-order valence-corrected chi connectivity index (χ1v) is 7.66. The van der Waals surface area contributed by atoms with E-state index in [2.05, 4.69) is 10.4 Å². The summed E-state index contributed by atoms with van der Waals surface area (Å²) >= 11 is 0. The fourth-order valence-electron chi connectivity index (χ4n) is 2.87. The molecule has 0 amide bonds. The zero-order chi connectivity index (χ0) is 16.0. The maximum absolute atomic E-state index is 10.7. The third-order valence-electron chi connectivity index (χ3n) is 3.74. The summed E-state index contributed by atoms with van der Waals surface area (Å²) in [6, 6.07) is 0. The summed E-state index contributed by atoms with van der Waals surface area (Å²) in [5.41, 5.74) is 0. The molecule has 1 unspecified atom stereocenters. The summed E-state index contributed by atoms with van der Waals surface area (Å²) in [7, 11) is 0. The molecule has 0 radical (unpaired) electrons. The van der Waals surface area contributed by atoms with Crippen LogP contribution in [0.2, 0.25) is 0 Å². The molecule has 1 atom stereocenters. The number of rotatable bonds is 7. The molecular formula is C13H24N4O5. The van der Waals surface area contributed by atoms with E-state index in [4.69, 9.17) is 14.2 Å². The van der Waals surface area contributed by atoms with Crippen LogP contribution >= 0.6 is 0 Å². The highest BCUT2D eigenvalue weighted by atomic mass is 16.7. The van der Waals surface area contributed by atoms with Gasteiger partial charge >= 0.3 is 0 Å². The maximum atomic E-state index is 10.7. The van der Waals surface area contributed by atoms with E-state index in [1.165, 1.54) is 0 Å². The molecule has 2 aliphatic rings. The fraction of sp³-hybridized carbons (Fsp3) is 0.923. The normalized spacial score (nSPS) is 26.2. The lowest BCUT2D eigenvalue weighted by molar-refractivity contribution is -0.486. The Morgan fingerprint density at radius 2 is 2.23 bits per heavy atom. The SMILES string of the molecule is CCOC1(OCC)CNC(=N[N+](=O)[O-])N(CC2CCOC2)C1. The van der Waals surface area contributed by atoms with Gasteiger partial charge in [0.25, 0.3) is 5.96 Å². The molecule has 22 heavy (non-hydrogen) atoms. The lowest BCUT2D eigenvalue weighted by atomic mass is 10.1. The third-order valence-corrected chi connectivity index (χ3v) is 3.74. The molecule has 0 aromatic heterocycles. The van der Waals surface area contributed by atoms with Crippen molar-refractivity contribution in [3.05, 3.63) is 10.1 Å². The Morgan fingerprint density at radius 1 is 1.50 bits per heavy atom. The monoisotopic (exact) mass is 316 g/mol. The van der Waals surface area contributed by atoms with E-state index in [0.29, 0.717) is 45.4 Å². The van der Waals surface area contributed by atoms with Gasteiger partial charge in [-0.1, -0.05) is 0 Å². The summed E-state index contributed by atoms with van der Waals surface area (Å²) in [5.74, 6) is -0.219.